The van der Waals surface area contributed by atoms with Crippen LogP contribution in [-0.4, -0.2) is 23.8 Å². The van der Waals surface area contributed by atoms with Crippen molar-refractivity contribution in [2.45, 2.75) is 6.54 Å². The summed E-state index contributed by atoms with van der Waals surface area (Å²) in [5, 5.41) is 0. The van der Waals surface area contributed by atoms with Crippen molar-refractivity contribution >= 4 is 33.3 Å². The van der Waals surface area contributed by atoms with E-state index in [0.29, 0.717) is 17.0 Å². The van der Waals surface area contributed by atoms with E-state index >= 15 is 0 Å². The SMILES string of the molecule is COc1ccc2c(c1)N(Cc1cncc(Br)c1)C(=O)C2=O. The number of ketones is 1. The first kappa shape index (κ1) is 13.8. The Bertz CT molecular complexity index is 745. The molecule has 1 amide bonds. The molecule has 1 aliphatic heterocycles. The quantitative estimate of drug-likeness (QED) is 0.801. The van der Waals surface area contributed by atoms with Crippen molar-refractivity contribution in [1.29, 1.82) is 0 Å². The zero-order chi connectivity index (χ0) is 15.0. The number of anilines is 1. The number of fused-ring (bicyclic) bond motifs is 1. The molecule has 21 heavy (non-hydrogen) atoms. The normalized spacial score (nSPS) is 13.5. The van der Waals surface area contributed by atoms with E-state index in [1.807, 2.05) is 6.07 Å². The van der Waals surface area contributed by atoms with Crippen molar-refractivity contribution in [3.8, 4) is 5.75 Å². The number of hydrogen-bond acceptors (Lipinski definition) is 4. The largest absolute Gasteiger partial charge is 0.497 e. The molecule has 3 rings (SSSR count). The minimum absolute atomic E-state index is 0.289. The van der Waals surface area contributed by atoms with E-state index in [0.717, 1.165) is 10.0 Å². The number of carbonyl (C=O) groups is 2. The van der Waals surface area contributed by atoms with Crippen LogP contribution in [0.25, 0.3) is 0 Å². The summed E-state index contributed by atoms with van der Waals surface area (Å²) in [6, 6.07) is 6.86. The Morgan fingerprint density at radius 2 is 2.05 bits per heavy atom. The fraction of sp³-hybridized carbons (Fsp3) is 0.133. The molecule has 0 unspecified atom stereocenters. The number of hydrogen-bond donors (Lipinski definition) is 0. The lowest BCUT2D eigenvalue weighted by atomic mass is 10.1. The molecule has 0 N–H and O–H groups in total. The van der Waals surface area contributed by atoms with Gasteiger partial charge in [-0.25, -0.2) is 0 Å². The number of Topliss-reactive ketones (excluding diaryl/α,β-unsaturated/α-hetero) is 1. The third-order valence-electron chi connectivity index (χ3n) is 3.28. The van der Waals surface area contributed by atoms with Gasteiger partial charge in [-0.05, 0) is 39.7 Å². The number of methoxy groups -OCH3 is 1. The predicted molar refractivity (Wildman–Crippen MR) is 80.5 cm³/mol. The van der Waals surface area contributed by atoms with E-state index < -0.39 is 11.7 Å². The lowest BCUT2D eigenvalue weighted by molar-refractivity contribution is -0.114. The second-order valence-corrected chi connectivity index (χ2v) is 5.53. The van der Waals surface area contributed by atoms with Crippen LogP contribution in [0.3, 0.4) is 0 Å². The molecule has 0 saturated heterocycles. The third-order valence-corrected chi connectivity index (χ3v) is 3.72. The van der Waals surface area contributed by atoms with Crippen LogP contribution < -0.4 is 9.64 Å². The van der Waals surface area contributed by atoms with Crippen LogP contribution in [0.5, 0.6) is 5.75 Å². The monoisotopic (exact) mass is 346 g/mol. The summed E-state index contributed by atoms with van der Waals surface area (Å²) in [6.07, 6.45) is 3.33. The fourth-order valence-electron chi connectivity index (χ4n) is 2.28. The van der Waals surface area contributed by atoms with Crippen molar-refractivity contribution in [2.24, 2.45) is 0 Å². The molecule has 0 aliphatic carbocycles. The average molecular weight is 347 g/mol. The summed E-state index contributed by atoms with van der Waals surface area (Å²) in [4.78, 5) is 29.7. The highest BCUT2D eigenvalue weighted by Crippen LogP contribution is 2.33. The van der Waals surface area contributed by atoms with Crippen LogP contribution in [0.15, 0.2) is 41.1 Å². The van der Waals surface area contributed by atoms with E-state index in [9.17, 15) is 9.59 Å². The van der Waals surface area contributed by atoms with Crippen molar-refractivity contribution in [1.82, 2.24) is 4.98 Å². The molecule has 1 aromatic carbocycles. The standard InChI is InChI=1S/C15H11BrN2O3/c1-21-11-2-3-12-13(5-11)18(15(20)14(12)19)8-9-4-10(16)7-17-6-9/h2-7H,8H2,1H3. The number of carbonyl (C=O) groups excluding carboxylic acids is 2. The zero-order valence-corrected chi connectivity index (χ0v) is 12.8. The topological polar surface area (TPSA) is 59.5 Å². The molecule has 106 valence electrons. The maximum absolute atomic E-state index is 12.2. The van der Waals surface area contributed by atoms with Crippen molar-refractivity contribution in [2.75, 3.05) is 12.0 Å². The maximum Gasteiger partial charge on any atom is 0.299 e. The first-order valence-electron chi connectivity index (χ1n) is 6.24. The second kappa shape index (κ2) is 5.29. The molecule has 0 radical (unpaired) electrons. The van der Waals surface area contributed by atoms with Gasteiger partial charge < -0.3 is 9.64 Å². The molecule has 2 heterocycles. The Kier molecular flexibility index (Phi) is 3.47. The van der Waals surface area contributed by atoms with Crippen LogP contribution in [0.4, 0.5) is 5.69 Å². The lowest BCUT2D eigenvalue weighted by Gasteiger charge is -2.17. The zero-order valence-electron chi connectivity index (χ0n) is 11.2. The van der Waals surface area contributed by atoms with E-state index in [2.05, 4.69) is 20.9 Å². The highest BCUT2D eigenvalue weighted by Gasteiger charge is 2.36. The van der Waals surface area contributed by atoms with Crippen LogP contribution >= 0.6 is 15.9 Å². The second-order valence-electron chi connectivity index (χ2n) is 4.61. The maximum atomic E-state index is 12.2. The molecule has 1 aliphatic rings. The summed E-state index contributed by atoms with van der Waals surface area (Å²) in [5.74, 6) is -0.414. The predicted octanol–water partition coefficient (Wildman–Crippen LogP) is 2.58. The molecule has 0 saturated carbocycles. The Labute approximate surface area is 129 Å². The summed E-state index contributed by atoms with van der Waals surface area (Å²) in [7, 11) is 1.54. The fourth-order valence-corrected chi connectivity index (χ4v) is 2.70. The molecular formula is C15H11BrN2O3. The molecule has 5 nitrogen and oxygen atoms in total. The minimum atomic E-state index is -0.529. The number of halogens is 1. The number of nitrogens with zero attached hydrogens (tertiary/aromatic N) is 2. The van der Waals surface area contributed by atoms with Crippen molar-refractivity contribution in [3.63, 3.8) is 0 Å². The first-order valence-corrected chi connectivity index (χ1v) is 7.03. The highest BCUT2D eigenvalue weighted by atomic mass is 79.9. The Morgan fingerprint density at radius 1 is 1.24 bits per heavy atom. The van der Waals surface area contributed by atoms with E-state index in [-0.39, 0.29) is 6.54 Å². The van der Waals surface area contributed by atoms with Crippen LogP contribution in [0.2, 0.25) is 0 Å². The summed E-state index contributed by atoms with van der Waals surface area (Å²) in [5.41, 5.74) is 1.81. The van der Waals surface area contributed by atoms with Gasteiger partial charge in [-0.2, -0.15) is 0 Å². The van der Waals surface area contributed by atoms with Gasteiger partial charge in [-0.15, -0.1) is 0 Å². The number of benzene rings is 1. The van der Waals surface area contributed by atoms with Gasteiger partial charge in [0, 0.05) is 22.9 Å². The van der Waals surface area contributed by atoms with Gasteiger partial charge in [0.1, 0.15) is 5.75 Å². The van der Waals surface area contributed by atoms with E-state index in [1.165, 1.54) is 4.90 Å². The molecule has 0 spiro atoms. The van der Waals surface area contributed by atoms with Crippen molar-refractivity contribution in [3.05, 3.63) is 52.3 Å². The van der Waals surface area contributed by atoms with Gasteiger partial charge in [0.2, 0.25) is 0 Å². The summed E-state index contributed by atoms with van der Waals surface area (Å²) in [6.45, 7) is 0.289. The Morgan fingerprint density at radius 3 is 2.76 bits per heavy atom. The first-order chi connectivity index (χ1) is 10.1. The van der Waals surface area contributed by atoms with Gasteiger partial charge in [0.15, 0.2) is 0 Å². The molecule has 0 bridgehead atoms. The Hall–Kier alpha value is -2.21. The molecule has 0 atom stereocenters. The Balaban J connectivity index is 2.00. The number of aromatic nitrogens is 1. The molecule has 1 aromatic heterocycles. The molecule has 0 fully saturated rings. The van der Waals surface area contributed by atoms with Crippen LogP contribution in [-0.2, 0) is 11.3 Å². The van der Waals surface area contributed by atoms with Crippen LogP contribution in [0.1, 0.15) is 15.9 Å². The molecule has 2 aromatic rings. The smallest absolute Gasteiger partial charge is 0.299 e. The molecular weight excluding hydrogens is 336 g/mol. The number of ether oxygens (including phenoxy) is 1. The van der Waals surface area contributed by atoms with Crippen molar-refractivity contribution < 1.29 is 14.3 Å². The van der Waals surface area contributed by atoms with E-state index in [1.54, 1.807) is 37.7 Å². The third kappa shape index (κ3) is 2.42. The summed E-state index contributed by atoms with van der Waals surface area (Å²) < 4.78 is 5.98. The average Bonchev–Trinajstić information content (AvgIpc) is 2.72. The van der Waals surface area contributed by atoms with Gasteiger partial charge in [-0.1, -0.05) is 0 Å². The van der Waals surface area contributed by atoms with Gasteiger partial charge >= 0.3 is 0 Å². The van der Waals surface area contributed by atoms with Gasteiger partial charge in [0.05, 0.1) is 24.9 Å². The number of rotatable bonds is 3. The van der Waals surface area contributed by atoms with Gasteiger partial charge in [0.25, 0.3) is 11.7 Å². The lowest BCUT2D eigenvalue weighted by Crippen LogP contribution is -2.29. The molecule has 6 heteroatoms. The van der Waals surface area contributed by atoms with E-state index in [4.69, 9.17) is 4.74 Å². The summed E-state index contributed by atoms with van der Waals surface area (Å²) >= 11 is 3.34. The number of pyridine rings is 1. The van der Waals surface area contributed by atoms with Crippen LogP contribution in [0, 0.1) is 0 Å². The minimum Gasteiger partial charge on any atom is -0.497 e. The highest BCUT2D eigenvalue weighted by molar-refractivity contribution is 9.10. The van der Waals surface area contributed by atoms with Gasteiger partial charge in [-0.3, -0.25) is 14.6 Å². The number of amides is 1.